The van der Waals surface area contributed by atoms with Gasteiger partial charge in [-0.05, 0) is 94.1 Å². The Balaban J connectivity index is 1.83. The largest absolute Gasteiger partial charge is 0.292 e. The van der Waals surface area contributed by atoms with Gasteiger partial charge in [0.1, 0.15) is 12.4 Å². The zero-order valence-corrected chi connectivity index (χ0v) is 24.4. The summed E-state index contributed by atoms with van der Waals surface area (Å²) in [4.78, 5) is 64.2. The lowest BCUT2D eigenvalue weighted by Crippen LogP contribution is -2.51. The number of hydrazine groups is 1. The number of halogens is 5. The number of fused-ring (bicyclic) bond motifs is 1. The lowest BCUT2D eigenvalue weighted by molar-refractivity contribution is -0.384. The number of nitro groups is 1. The van der Waals surface area contributed by atoms with E-state index in [1.165, 1.54) is 24.3 Å². The first-order chi connectivity index (χ1) is 17.4. The van der Waals surface area contributed by atoms with Crippen molar-refractivity contribution in [3.63, 3.8) is 0 Å². The molecular weight excluding hydrogens is 753 g/mol. The highest BCUT2D eigenvalue weighted by molar-refractivity contribution is 9.15. The molecule has 37 heavy (non-hydrogen) atoms. The minimum absolute atomic E-state index is 0.0164. The van der Waals surface area contributed by atoms with E-state index in [-0.39, 0.29) is 31.2 Å². The fourth-order valence-corrected chi connectivity index (χ4v) is 6.01. The second-order valence-corrected chi connectivity index (χ2v) is 10.7. The van der Waals surface area contributed by atoms with Crippen molar-refractivity contribution >= 4 is 92.9 Å². The van der Waals surface area contributed by atoms with Gasteiger partial charge in [0, 0.05) is 41.2 Å². The second kappa shape index (κ2) is 10.5. The zero-order valence-electron chi connectivity index (χ0n) is 18.0. The van der Waals surface area contributed by atoms with Crippen molar-refractivity contribution in [1.29, 1.82) is 0 Å². The number of ketones is 1. The maximum absolute atomic E-state index is 13.6. The van der Waals surface area contributed by atoms with Crippen LogP contribution in [0.3, 0.4) is 0 Å². The predicted octanol–water partition coefficient (Wildman–Crippen LogP) is 6.32. The maximum atomic E-state index is 13.6. The molecule has 9 nitrogen and oxygen atoms in total. The van der Waals surface area contributed by atoms with Gasteiger partial charge in [0.25, 0.3) is 23.4 Å². The first-order valence-electron chi connectivity index (χ1n) is 10.0. The third kappa shape index (κ3) is 4.90. The number of hydrogen-bond acceptors (Lipinski definition) is 6. The Kier molecular flexibility index (Phi) is 7.74. The van der Waals surface area contributed by atoms with E-state index in [2.05, 4.69) is 63.7 Å². The molecule has 14 heteroatoms. The fraction of sp³-hybridized carbons (Fsp3) is 0.0435. The number of benzene rings is 3. The highest BCUT2D eigenvalue weighted by atomic mass is 79.9. The van der Waals surface area contributed by atoms with Crippen LogP contribution < -0.4 is 0 Å². The average molecular weight is 763 g/mol. The van der Waals surface area contributed by atoms with Crippen LogP contribution >= 0.6 is 63.7 Å². The lowest BCUT2D eigenvalue weighted by Gasteiger charge is -2.29. The van der Waals surface area contributed by atoms with E-state index in [1.54, 1.807) is 0 Å². The summed E-state index contributed by atoms with van der Waals surface area (Å²) in [6, 6.07) is 9.12. The topological polar surface area (TPSA) is 118 Å². The molecule has 4 rings (SSSR count). The van der Waals surface area contributed by atoms with Crippen molar-refractivity contribution in [3.05, 3.63) is 105 Å². The summed E-state index contributed by atoms with van der Waals surface area (Å²) in [5.41, 5.74) is -0.770. The molecule has 0 N–H and O–H groups in total. The summed E-state index contributed by atoms with van der Waals surface area (Å²) in [6.45, 7) is -0.795. The van der Waals surface area contributed by atoms with E-state index in [0.717, 1.165) is 24.3 Å². The van der Waals surface area contributed by atoms with Crippen molar-refractivity contribution in [2.24, 2.45) is 0 Å². The molecule has 0 saturated heterocycles. The van der Waals surface area contributed by atoms with Gasteiger partial charge in [0.05, 0.1) is 16.1 Å². The van der Waals surface area contributed by atoms with Gasteiger partial charge in [-0.2, -0.15) is 5.01 Å². The Morgan fingerprint density at radius 1 is 0.865 bits per heavy atom. The monoisotopic (exact) mass is 759 g/mol. The summed E-state index contributed by atoms with van der Waals surface area (Å²) in [5, 5.41) is 12.4. The van der Waals surface area contributed by atoms with Crippen molar-refractivity contribution < 1.29 is 28.5 Å². The van der Waals surface area contributed by atoms with Crippen LogP contribution in [-0.4, -0.2) is 45.0 Å². The van der Waals surface area contributed by atoms with Gasteiger partial charge in [-0.15, -0.1) is 0 Å². The Hall–Kier alpha value is -2.81. The summed E-state index contributed by atoms with van der Waals surface area (Å²) in [5.74, 6) is -4.14. The molecule has 3 aromatic carbocycles. The molecule has 1 heterocycles. The SMILES string of the molecule is O=C(CN(C(=O)c1cccc([N+](=O)[O-])c1)N1C(=O)c2c(Br)c(Br)c(Br)c(Br)c2C1=O)c1ccc(F)cc1. The van der Waals surface area contributed by atoms with E-state index in [1.807, 2.05) is 0 Å². The van der Waals surface area contributed by atoms with E-state index >= 15 is 0 Å². The molecule has 0 spiro atoms. The number of carbonyl (C=O) groups is 4. The number of non-ortho nitro benzene ring substituents is 1. The van der Waals surface area contributed by atoms with Crippen LogP contribution in [0.4, 0.5) is 10.1 Å². The van der Waals surface area contributed by atoms with Crippen molar-refractivity contribution in [2.45, 2.75) is 0 Å². The van der Waals surface area contributed by atoms with E-state index in [4.69, 9.17) is 0 Å². The lowest BCUT2D eigenvalue weighted by atomic mass is 10.1. The van der Waals surface area contributed by atoms with Gasteiger partial charge in [-0.25, -0.2) is 9.40 Å². The summed E-state index contributed by atoms with van der Waals surface area (Å²) >= 11 is 13.2. The molecule has 0 atom stereocenters. The minimum atomic E-state index is -1.01. The first-order valence-corrected chi connectivity index (χ1v) is 13.2. The van der Waals surface area contributed by atoms with Gasteiger partial charge in [-0.3, -0.25) is 29.3 Å². The predicted molar refractivity (Wildman–Crippen MR) is 143 cm³/mol. The quantitative estimate of drug-likeness (QED) is 0.0725. The molecular formula is C23H10Br4FN3O6. The average Bonchev–Trinajstić information content (AvgIpc) is 3.14. The van der Waals surface area contributed by atoms with Crippen molar-refractivity contribution in [2.75, 3.05) is 6.54 Å². The molecule has 0 aromatic heterocycles. The van der Waals surface area contributed by atoms with Crippen LogP contribution in [0.1, 0.15) is 41.4 Å². The number of nitrogens with zero attached hydrogens (tertiary/aromatic N) is 3. The smallest absolute Gasteiger partial charge is 0.282 e. The maximum Gasteiger partial charge on any atom is 0.282 e. The van der Waals surface area contributed by atoms with E-state index < -0.39 is 46.5 Å². The highest BCUT2D eigenvalue weighted by Crippen LogP contribution is 2.45. The summed E-state index contributed by atoms with van der Waals surface area (Å²) in [7, 11) is 0. The van der Waals surface area contributed by atoms with Crippen LogP contribution in [0.25, 0.3) is 0 Å². The van der Waals surface area contributed by atoms with Crippen LogP contribution in [0.2, 0.25) is 0 Å². The van der Waals surface area contributed by atoms with Gasteiger partial charge >= 0.3 is 0 Å². The standard InChI is InChI=1S/C23H10Br4FN3O6/c24-17-15-16(18(25)20(27)19(17)26)23(35)30(22(15)34)29(9-14(32)10-4-6-12(28)7-5-10)21(33)11-2-1-3-13(8-11)31(36)37/h1-8H,9H2. The Labute approximate surface area is 241 Å². The number of carbonyl (C=O) groups excluding carboxylic acids is 4. The number of rotatable bonds is 6. The molecule has 0 aliphatic carbocycles. The van der Waals surface area contributed by atoms with Crippen LogP contribution in [0, 0.1) is 15.9 Å². The molecule has 0 radical (unpaired) electrons. The third-order valence-electron chi connectivity index (χ3n) is 5.32. The molecule has 3 aromatic rings. The number of hydrogen-bond donors (Lipinski definition) is 0. The molecule has 188 valence electrons. The number of imide groups is 1. The second-order valence-electron chi connectivity index (χ2n) is 7.53. The van der Waals surface area contributed by atoms with E-state index in [0.29, 0.717) is 19.0 Å². The molecule has 1 aliphatic rings. The normalized spacial score (nSPS) is 12.5. The Bertz CT molecular complexity index is 1480. The molecule has 0 bridgehead atoms. The van der Waals surface area contributed by atoms with Crippen molar-refractivity contribution in [3.8, 4) is 0 Å². The van der Waals surface area contributed by atoms with Crippen molar-refractivity contribution in [1.82, 2.24) is 10.0 Å². The molecule has 0 unspecified atom stereocenters. The van der Waals surface area contributed by atoms with Crippen LogP contribution in [0.5, 0.6) is 0 Å². The number of nitro benzene ring substituents is 1. The van der Waals surface area contributed by atoms with Gasteiger partial charge in [0.15, 0.2) is 5.78 Å². The minimum Gasteiger partial charge on any atom is -0.292 e. The Morgan fingerprint density at radius 2 is 1.41 bits per heavy atom. The van der Waals surface area contributed by atoms with E-state index in [9.17, 15) is 33.7 Å². The molecule has 0 saturated carbocycles. The fourth-order valence-electron chi connectivity index (χ4n) is 3.55. The zero-order chi connectivity index (χ0) is 27.2. The van der Waals surface area contributed by atoms with Crippen LogP contribution in [-0.2, 0) is 0 Å². The molecule has 0 fully saturated rings. The number of Topliss-reactive ketones (excluding diaryl/α,β-unsaturated/α-hetero) is 1. The molecule has 3 amide bonds. The summed E-state index contributed by atoms with van der Waals surface area (Å²) < 4.78 is 14.6. The highest BCUT2D eigenvalue weighted by Gasteiger charge is 2.46. The van der Waals surface area contributed by atoms with Gasteiger partial charge in [-0.1, -0.05) is 6.07 Å². The van der Waals surface area contributed by atoms with Crippen LogP contribution in [0.15, 0.2) is 66.4 Å². The Morgan fingerprint density at radius 3 is 1.92 bits per heavy atom. The number of amides is 3. The summed E-state index contributed by atoms with van der Waals surface area (Å²) in [6.07, 6.45) is 0. The van der Waals surface area contributed by atoms with Gasteiger partial charge < -0.3 is 0 Å². The molecule has 1 aliphatic heterocycles. The van der Waals surface area contributed by atoms with Gasteiger partial charge in [0.2, 0.25) is 0 Å². The first kappa shape index (κ1) is 27.2. The third-order valence-corrected chi connectivity index (χ3v) is 10.1.